The van der Waals surface area contributed by atoms with Gasteiger partial charge in [-0.2, -0.15) is 5.10 Å². The van der Waals surface area contributed by atoms with Gasteiger partial charge in [0.05, 0.1) is 18.1 Å². The van der Waals surface area contributed by atoms with Gasteiger partial charge in [-0.1, -0.05) is 11.8 Å². The SMILES string of the molecule is CCOc1ccc(NC(=O)CSc2nnc(N/N=C(\C)c3ccncc3)n2N)cc1. The smallest absolute Gasteiger partial charge is 0.264 e. The lowest BCUT2D eigenvalue weighted by Crippen LogP contribution is -2.17. The molecule has 3 rings (SSSR count). The van der Waals surface area contributed by atoms with Gasteiger partial charge in [0.1, 0.15) is 5.75 Å². The van der Waals surface area contributed by atoms with Crippen LogP contribution in [0.25, 0.3) is 0 Å². The van der Waals surface area contributed by atoms with Crippen molar-refractivity contribution in [3.63, 3.8) is 0 Å². The van der Waals surface area contributed by atoms with Gasteiger partial charge in [0, 0.05) is 23.6 Å². The fourth-order valence-electron chi connectivity index (χ4n) is 2.37. The maximum atomic E-state index is 12.2. The molecule has 30 heavy (non-hydrogen) atoms. The number of hydrogen-bond donors (Lipinski definition) is 3. The molecule has 3 aromatic rings. The molecular formula is C19H22N8O2S. The quantitative estimate of drug-likeness (QED) is 0.206. The van der Waals surface area contributed by atoms with Crippen LogP contribution in [0.5, 0.6) is 5.75 Å². The zero-order valence-electron chi connectivity index (χ0n) is 16.6. The van der Waals surface area contributed by atoms with E-state index in [0.717, 1.165) is 17.0 Å². The summed E-state index contributed by atoms with van der Waals surface area (Å²) in [5, 5.41) is 15.4. The Bertz CT molecular complexity index is 1010. The summed E-state index contributed by atoms with van der Waals surface area (Å²) in [7, 11) is 0. The van der Waals surface area contributed by atoms with Gasteiger partial charge in [-0.25, -0.2) is 10.1 Å². The summed E-state index contributed by atoms with van der Waals surface area (Å²) < 4.78 is 6.63. The summed E-state index contributed by atoms with van der Waals surface area (Å²) in [6.07, 6.45) is 3.37. The molecule has 1 aromatic carbocycles. The van der Waals surface area contributed by atoms with Crippen LogP contribution >= 0.6 is 11.8 Å². The molecule has 0 saturated heterocycles. The van der Waals surface area contributed by atoms with E-state index in [-0.39, 0.29) is 17.6 Å². The second kappa shape index (κ2) is 10.3. The summed E-state index contributed by atoms with van der Waals surface area (Å²) >= 11 is 1.17. The second-order valence-corrected chi connectivity index (χ2v) is 6.96. The topological polar surface area (TPSA) is 132 Å². The Morgan fingerprint density at radius 2 is 1.93 bits per heavy atom. The molecule has 4 N–H and O–H groups in total. The van der Waals surface area contributed by atoms with E-state index in [1.807, 2.05) is 26.0 Å². The molecular weight excluding hydrogens is 404 g/mol. The zero-order chi connectivity index (χ0) is 21.3. The average molecular weight is 427 g/mol. The molecule has 0 spiro atoms. The number of nitrogens with one attached hydrogen (secondary N) is 2. The number of anilines is 2. The summed E-state index contributed by atoms with van der Waals surface area (Å²) in [5.74, 6) is 6.95. The van der Waals surface area contributed by atoms with Gasteiger partial charge in [-0.05, 0) is 50.2 Å². The third-order valence-corrected chi connectivity index (χ3v) is 4.81. The lowest BCUT2D eigenvalue weighted by molar-refractivity contribution is -0.113. The Morgan fingerprint density at radius 3 is 2.63 bits per heavy atom. The Hall–Kier alpha value is -3.60. The summed E-state index contributed by atoms with van der Waals surface area (Å²) in [4.78, 5) is 16.2. The first-order valence-electron chi connectivity index (χ1n) is 9.13. The number of ether oxygens (including phenoxy) is 1. The van der Waals surface area contributed by atoms with Crippen molar-refractivity contribution in [3.05, 3.63) is 54.4 Å². The number of benzene rings is 1. The minimum absolute atomic E-state index is 0.127. The van der Waals surface area contributed by atoms with Crippen molar-refractivity contribution in [1.82, 2.24) is 19.9 Å². The van der Waals surface area contributed by atoms with Crippen molar-refractivity contribution < 1.29 is 9.53 Å². The van der Waals surface area contributed by atoms with Crippen molar-refractivity contribution in [2.75, 3.05) is 28.9 Å². The van der Waals surface area contributed by atoms with E-state index in [9.17, 15) is 4.79 Å². The molecule has 0 aliphatic rings. The Labute approximate surface area is 177 Å². The molecule has 156 valence electrons. The number of amides is 1. The number of rotatable bonds is 9. The molecule has 2 aromatic heterocycles. The third kappa shape index (κ3) is 5.70. The molecule has 11 heteroatoms. The van der Waals surface area contributed by atoms with E-state index >= 15 is 0 Å². The fourth-order valence-corrected chi connectivity index (χ4v) is 3.03. The molecule has 0 aliphatic heterocycles. The molecule has 0 radical (unpaired) electrons. The molecule has 0 fully saturated rings. The summed E-state index contributed by atoms with van der Waals surface area (Å²) in [6.45, 7) is 4.35. The highest BCUT2D eigenvalue weighted by atomic mass is 32.2. The molecule has 0 unspecified atom stereocenters. The van der Waals surface area contributed by atoms with E-state index in [2.05, 4.69) is 31.0 Å². The van der Waals surface area contributed by atoms with Crippen LogP contribution in [0.4, 0.5) is 11.6 Å². The van der Waals surface area contributed by atoms with E-state index in [1.54, 1.807) is 36.7 Å². The van der Waals surface area contributed by atoms with Crippen molar-refractivity contribution in [3.8, 4) is 5.75 Å². The number of nitrogen functional groups attached to an aromatic ring is 1. The van der Waals surface area contributed by atoms with Crippen LogP contribution in [0.3, 0.4) is 0 Å². The number of thioether (sulfide) groups is 1. The molecule has 1 amide bonds. The lowest BCUT2D eigenvalue weighted by Gasteiger charge is -2.07. The van der Waals surface area contributed by atoms with Crippen molar-refractivity contribution in [2.24, 2.45) is 5.10 Å². The molecule has 0 bridgehead atoms. The Kier molecular flexibility index (Phi) is 7.22. The van der Waals surface area contributed by atoms with Crippen LogP contribution in [0.2, 0.25) is 0 Å². The molecule has 0 saturated carbocycles. The van der Waals surface area contributed by atoms with E-state index in [4.69, 9.17) is 10.6 Å². The fraction of sp³-hybridized carbons (Fsp3) is 0.211. The van der Waals surface area contributed by atoms with Crippen LogP contribution in [-0.2, 0) is 4.79 Å². The number of pyridine rings is 1. The zero-order valence-corrected chi connectivity index (χ0v) is 17.4. The summed E-state index contributed by atoms with van der Waals surface area (Å²) in [5.41, 5.74) is 5.12. The number of hydrogen-bond acceptors (Lipinski definition) is 9. The van der Waals surface area contributed by atoms with Gasteiger partial charge in [0.2, 0.25) is 11.1 Å². The van der Waals surface area contributed by atoms with E-state index in [1.165, 1.54) is 16.4 Å². The summed E-state index contributed by atoms with van der Waals surface area (Å²) in [6, 6.07) is 10.9. The van der Waals surface area contributed by atoms with Gasteiger partial charge in [-0.15, -0.1) is 10.2 Å². The minimum Gasteiger partial charge on any atom is -0.494 e. The number of carbonyl (C=O) groups is 1. The minimum atomic E-state index is -0.187. The number of carbonyl (C=O) groups excluding carboxylic acids is 1. The number of hydrazone groups is 1. The van der Waals surface area contributed by atoms with Gasteiger partial charge in [0.15, 0.2) is 0 Å². The van der Waals surface area contributed by atoms with Gasteiger partial charge < -0.3 is 15.9 Å². The van der Waals surface area contributed by atoms with Crippen LogP contribution in [0.1, 0.15) is 19.4 Å². The average Bonchev–Trinajstić information content (AvgIpc) is 3.12. The molecule has 0 atom stereocenters. The van der Waals surface area contributed by atoms with E-state index < -0.39 is 0 Å². The predicted molar refractivity (Wildman–Crippen MR) is 117 cm³/mol. The van der Waals surface area contributed by atoms with Crippen molar-refractivity contribution >= 4 is 35.0 Å². The first-order chi connectivity index (χ1) is 14.6. The van der Waals surface area contributed by atoms with Crippen LogP contribution in [0.15, 0.2) is 59.0 Å². The van der Waals surface area contributed by atoms with Gasteiger partial charge >= 0.3 is 0 Å². The van der Waals surface area contributed by atoms with Crippen LogP contribution < -0.4 is 21.3 Å². The normalized spacial score (nSPS) is 11.2. The second-order valence-electron chi connectivity index (χ2n) is 6.02. The number of nitrogens with two attached hydrogens (primary N) is 1. The monoisotopic (exact) mass is 426 g/mol. The lowest BCUT2D eigenvalue weighted by atomic mass is 10.2. The van der Waals surface area contributed by atoms with Crippen molar-refractivity contribution in [1.29, 1.82) is 0 Å². The van der Waals surface area contributed by atoms with Crippen LogP contribution in [0, 0.1) is 0 Å². The molecule has 10 nitrogen and oxygen atoms in total. The standard InChI is InChI=1S/C19H22N8O2S/c1-3-29-16-6-4-15(5-7-16)22-17(28)12-30-19-26-25-18(27(19)20)24-23-13(2)14-8-10-21-11-9-14/h4-11H,3,12,20H2,1-2H3,(H,22,28)(H,24,25)/b23-13+. The maximum absolute atomic E-state index is 12.2. The highest BCUT2D eigenvalue weighted by Crippen LogP contribution is 2.19. The third-order valence-electron chi connectivity index (χ3n) is 3.87. The Morgan fingerprint density at radius 1 is 1.20 bits per heavy atom. The Balaban J connectivity index is 1.52. The molecule has 2 heterocycles. The van der Waals surface area contributed by atoms with Gasteiger partial charge in [0.25, 0.3) is 5.95 Å². The highest BCUT2D eigenvalue weighted by molar-refractivity contribution is 7.99. The predicted octanol–water partition coefficient (Wildman–Crippen LogP) is 2.35. The first-order valence-corrected chi connectivity index (χ1v) is 10.1. The van der Waals surface area contributed by atoms with E-state index in [0.29, 0.717) is 17.5 Å². The number of aromatic nitrogens is 4. The number of nitrogens with zero attached hydrogens (tertiary/aromatic N) is 5. The first kappa shape index (κ1) is 21.1. The van der Waals surface area contributed by atoms with Crippen LogP contribution in [-0.4, -0.2) is 43.8 Å². The highest BCUT2D eigenvalue weighted by Gasteiger charge is 2.12. The molecule has 0 aliphatic carbocycles. The van der Waals surface area contributed by atoms with Gasteiger partial charge in [-0.3, -0.25) is 9.78 Å². The van der Waals surface area contributed by atoms with Crippen molar-refractivity contribution in [2.45, 2.75) is 19.0 Å². The largest absolute Gasteiger partial charge is 0.494 e. The maximum Gasteiger partial charge on any atom is 0.264 e.